The highest BCUT2D eigenvalue weighted by atomic mass is 16.7. The van der Waals surface area contributed by atoms with Crippen molar-refractivity contribution >= 4 is 11.9 Å². The largest absolute Gasteiger partial charge is 0.454 e. The average molecular weight is 1140 g/mol. The third kappa shape index (κ3) is 45.0. The zero-order valence-electron chi connectivity index (χ0n) is 51.9. The minimum atomic E-state index is -1.62. The van der Waals surface area contributed by atoms with Gasteiger partial charge < -0.3 is 45.1 Å². The molecule has 468 valence electrons. The van der Waals surface area contributed by atoms with Gasteiger partial charge in [0.05, 0.1) is 25.4 Å². The minimum absolute atomic E-state index is 0.118. The summed E-state index contributed by atoms with van der Waals surface area (Å²) in [5.41, 5.74) is 0. The van der Waals surface area contributed by atoms with Gasteiger partial charge in [0.2, 0.25) is 5.91 Å². The molecule has 1 rings (SSSR count). The van der Waals surface area contributed by atoms with Crippen LogP contribution in [0.1, 0.15) is 284 Å². The number of unbranched alkanes of at least 4 members (excludes halogenated alkanes) is 35. The van der Waals surface area contributed by atoms with Crippen LogP contribution in [0.25, 0.3) is 0 Å². The Morgan fingerprint density at radius 3 is 1.33 bits per heavy atom. The van der Waals surface area contributed by atoms with Gasteiger partial charge in [0.15, 0.2) is 12.4 Å². The molecule has 0 spiro atoms. The van der Waals surface area contributed by atoms with Crippen molar-refractivity contribution in [2.75, 3.05) is 13.2 Å². The summed E-state index contributed by atoms with van der Waals surface area (Å²) in [4.78, 5) is 26.6. The van der Waals surface area contributed by atoms with Crippen LogP contribution in [-0.2, 0) is 23.8 Å². The zero-order chi connectivity index (χ0) is 58.9. The molecule has 1 aliphatic heterocycles. The number of aliphatic hydroxyl groups is 5. The van der Waals surface area contributed by atoms with Crippen LogP contribution < -0.4 is 5.32 Å². The number of ether oxygens (including phenoxy) is 3. The lowest BCUT2D eigenvalue weighted by Gasteiger charge is -2.41. The number of nitrogens with one attached hydrogen (secondary N) is 1. The molecule has 1 amide bonds. The van der Waals surface area contributed by atoms with E-state index >= 15 is 0 Å². The molecule has 1 saturated heterocycles. The number of hydrogen-bond donors (Lipinski definition) is 6. The number of esters is 1. The molecule has 81 heavy (non-hydrogen) atoms. The Hall–Kier alpha value is -3.16. The highest BCUT2D eigenvalue weighted by molar-refractivity contribution is 5.80. The van der Waals surface area contributed by atoms with Crippen LogP contribution in [0.3, 0.4) is 0 Å². The Labute approximate surface area is 495 Å². The highest BCUT2D eigenvalue weighted by Gasteiger charge is 2.47. The summed E-state index contributed by atoms with van der Waals surface area (Å²) in [7, 11) is 0. The van der Waals surface area contributed by atoms with Crippen molar-refractivity contribution in [3.8, 4) is 0 Å². The number of carbonyl (C=O) groups is 2. The summed E-state index contributed by atoms with van der Waals surface area (Å²) in [6.45, 7) is 5.64. The topological polar surface area (TPSA) is 175 Å². The quantitative estimate of drug-likeness (QED) is 0.0149. The first-order valence-electron chi connectivity index (χ1n) is 33.4. The molecule has 0 saturated carbocycles. The first kappa shape index (κ1) is 75.9. The molecule has 11 heteroatoms. The normalized spacial score (nSPS) is 19.2. The number of carbonyl (C=O) groups excluding carboxylic acids is 2. The van der Waals surface area contributed by atoms with Crippen LogP contribution in [0.2, 0.25) is 0 Å². The second-order valence-electron chi connectivity index (χ2n) is 23.0. The number of aliphatic hydroxyl groups excluding tert-OH is 5. The summed E-state index contributed by atoms with van der Waals surface area (Å²) >= 11 is 0. The predicted molar refractivity (Wildman–Crippen MR) is 338 cm³/mol. The van der Waals surface area contributed by atoms with E-state index in [0.717, 1.165) is 64.2 Å². The molecule has 0 bridgehead atoms. The Morgan fingerprint density at radius 2 is 0.889 bits per heavy atom. The van der Waals surface area contributed by atoms with Gasteiger partial charge in [0.25, 0.3) is 0 Å². The van der Waals surface area contributed by atoms with Crippen LogP contribution in [0.5, 0.6) is 0 Å². The van der Waals surface area contributed by atoms with E-state index in [1.54, 1.807) is 6.08 Å². The Bertz CT molecular complexity index is 1640. The van der Waals surface area contributed by atoms with Crippen molar-refractivity contribution in [2.24, 2.45) is 0 Å². The van der Waals surface area contributed by atoms with E-state index in [2.05, 4.69) is 32.2 Å². The molecule has 0 radical (unpaired) electrons. The van der Waals surface area contributed by atoms with Crippen LogP contribution in [0.4, 0.5) is 0 Å². The monoisotopic (exact) mass is 1140 g/mol. The van der Waals surface area contributed by atoms with Crippen LogP contribution >= 0.6 is 0 Å². The van der Waals surface area contributed by atoms with Crippen molar-refractivity contribution in [2.45, 2.75) is 333 Å². The molecule has 8 unspecified atom stereocenters. The SMILES string of the molecule is CC\C=C/C=C/C=C/C=C\C=C\C=C\CCCCC(O)C(=O)NC(COC1OC(CO)C(O)C(O)C1OC(=O)CCCCCCCCCCCCCCCCCCCCCCCCC)C(O)/C=C/CCCCCCCCCCCCC. The molecule has 0 aromatic heterocycles. The van der Waals surface area contributed by atoms with Crippen LogP contribution in [0, 0.1) is 0 Å². The molecule has 8 atom stereocenters. The second kappa shape index (κ2) is 57.3. The first-order valence-corrected chi connectivity index (χ1v) is 33.4. The molecule has 1 aliphatic rings. The molecule has 1 fully saturated rings. The standard InChI is InChI=1S/C70H123NO10/c1-4-7-10-13-16-19-22-25-27-29-30-31-32-33-34-35-37-40-43-46-49-52-55-58-65(75)81-68-67(77)66(76)64(59-72)80-70(68)79-60-61(62(73)56-53-50-47-44-41-38-24-21-18-15-12-9-6-3)71-69(78)63(74)57-54-51-48-45-42-39-36-28-26-23-20-17-14-11-8-5-2/h8,11,14,17,20,23,26,28,36,39,42,45,53,56,61-64,66-68,70,72-74,76-77H,4-7,9-10,12-13,15-16,18-19,21-22,24-25,27,29-35,37-38,40-41,43-44,46-52,54-55,57-60H2,1-3H3,(H,71,78)/b11-8-,17-14+,23-20+,28-26-,39-36+,45-42+,56-53+. The number of allylic oxidation sites excluding steroid dienone is 13. The van der Waals surface area contributed by atoms with Gasteiger partial charge in [-0.05, 0) is 44.9 Å². The van der Waals surface area contributed by atoms with E-state index in [9.17, 15) is 35.1 Å². The smallest absolute Gasteiger partial charge is 0.306 e. The number of hydrogen-bond acceptors (Lipinski definition) is 10. The number of rotatable bonds is 56. The molecule has 0 aromatic carbocycles. The summed E-state index contributed by atoms with van der Waals surface area (Å²) < 4.78 is 17.6. The maximum atomic E-state index is 13.4. The van der Waals surface area contributed by atoms with Gasteiger partial charge in [-0.15, -0.1) is 0 Å². The maximum absolute atomic E-state index is 13.4. The van der Waals surface area contributed by atoms with Gasteiger partial charge in [0, 0.05) is 6.42 Å². The lowest BCUT2D eigenvalue weighted by atomic mass is 9.99. The zero-order valence-corrected chi connectivity index (χ0v) is 51.9. The van der Waals surface area contributed by atoms with Gasteiger partial charge >= 0.3 is 5.97 Å². The van der Waals surface area contributed by atoms with E-state index in [4.69, 9.17) is 14.2 Å². The van der Waals surface area contributed by atoms with Crippen molar-refractivity contribution in [3.05, 3.63) is 85.1 Å². The first-order chi connectivity index (χ1) is 39.7. The lowest BCUT2D eigenvalue weighted by Crippen LogP contribution is -2.61. The fourth-order valence-electron chi connectivity index (χ4n) is 10.2. The van der Waals surface area contributed by atoms with Crippen LogP contribution in [-0.4, -0.2) is 99.6 Å². The Morgan fingerprint density at radius 1 is 0.494 bits per heavy atom. The van der Waals surface area contributed by atoms with Gasteiger partial charge in [-0.2, -0.15) is 0 Å². The van der Waals surface area contributed by atoms with Crippen molar-refractivity contribution in [3.63, 3.8) is 0 Å². The Balaban J connectivity index is 2.64. The minimum Gasteiger partial charge on any atom is -0.454 e. The molecule has 6 N–H and O–H groups in total. The molecular weight excluding hydrogens is 1010 g/mol. The van der Waals surface area contributed by atoms with Gasteiger partial charge in [0.1, 0.15) is 24.4 Å². The molecule has 1 heterocycles. The third-order valence-electron chi connectivity index (χ3n) is 15.5. The van der Waals surface area contributed by atoms with Gasteiger partial charge in [-0.25, -0.2) is 0 Å². The van der Waals surface area contributed by atoms with Gasteiger partial charge in [-0.1, -0.05) is 318 Å². The molecule has 0 aliphatic carbocycles. The molecule has 0 aromatic rings. The average Bonchev–Trinajstić information content (AvgIpc) is 3.47. The van der Waals surface area contributed by atoms with Crippen LogP contribution in [0.15, 0.2) is 85.1 Å². The number of amides is 1. The molecular formula is C70H123NO10. The van der Waals surface area contributed by atoms with E-state index in [1.165, 1.54) is 173 Å². The Kier molecular flexibility index (Phi) is 53.6. The van der Waals surface area contributed by atoms with Crippen molar-refractivity contribution in [1.82, 2.24) is 5.32 Å². The predicted octanol–water partition coefficient (Wildman–Crippen LogP) is 16.5. The van der Waals surface area contributed by atoms with Crippen molar-refractivity contribution < 1.29 is 49.3 Å². The maximum Gasteiger partial charge on any atom is 0.306 e. The lowest BCUT2D eigenvalue weighted by molar-refractivity contribution is -0.305. The van der Waals surface area contributed by atoms with Gasteiger partial charge in [-0.3, -0.25) is 9.59 Å². The van der Waals surface area contributed by atoms with E-state index in [0.29, 0.717) is 12.8 Å². The van der Waals surface area contributed by atoms with E-state index in [-0.39, 0.29) is 19.4 Å². The molecule has 11 nitrogen and oxygen atoms in total. The second-order valence-corrected chi connectivity index (χ2v) is 23.0. The summed E-state index contributed by atoms with van der Waals surface area (Å²) in [6.07, 6.45) is 64.8. The summed E-state index contributed by atoms with van der Waals surface area (Å²) in [5, 5.41) is 57.0. The fraction of sp³-hybridized carbons (Fsp3) is 0.771. The van der Waals surface area contributed by atoms with E-state index < -0.39 is 67.4 Å². The van der Waals surface area contributed by atoms with E-state index in [1.807, 2.05) is 72.9 Å². The summed E-state index contributed by atoms with van der Waals surface area (Å²) in [5.74, 6) is -1.24. The van der Waals surface area contributed by atoms with Crippen molar-refractivity contribution in [1.29, 1.82) is 0 Å². The summed E-state index contributed by atoms with van der Waals surface area (Å²) in [6, 6.07) is -1.05. The third-order valence-corrected chi connectivity index (χ3v) is 15.5. The fourth-order valence-corrected chi connectivity index (χ4v) is 10.2. The highest BCUT2D eigenvalue weighted by Crippen LogP contribution is 2.26.